The first-order valence-electron chi connectivity index (χ1n) is 10.1. The Morgan fingerprint density at radius 2 is 1.84 bits per heavy atom. The molecule has 3 aromatic rings. The van der Waals surface area contributed by atoms with E-state index >= 15 is 0 Å². The fourth-order valence-electron chi connectivity index (χ4n) is 4.66. The number of phenolic OH excluding ortho intramolecular Hbond substituents is 2. The molecule has 3 N–H and O–H groups in total. The van der Waals surface area contributed by atoms with E-state index in [4.69, 9.17) is 9.26 Å². The van der Waals surface area contributed by atoms with Gasteiger partial charge in [0.2, 0.25) is 5.88 Å². The molecule has 1 aliphatic heterocycles. The van der Waals surface area contributed by atoms with E-state index in [0.717, 1.165) is 28.1 Å². The molecule has 1 aliphatic carbocycles. The number of phenols is 2. The molecule has 7 heteroatoms. The van der Waals surface area contributed by atoms with E-state index in [0.29, 0.717) is 30.0 Å². The third-order valence-electron chi connectivity index (χ3n) is 6.16. The smallest absolute Gasteiger partial charge is 0.233 e. The van der Waals surface area contributed by atoms with Gasteiger partial charge < -0.3 is 24.8 Å². The zero-order valence-corrected chi connectivity index (χ0v) is 17.2. The summed E-state index contributed by atoms with van der Waals surface area (Å²) in [7, 11) is 1.50. The zero-order chi connectivity index (χ0) is 21.7. The molecule has 0 spiro atoms. The molecule has 0 bridgehead atoms. The predicted molar refractivity (Wildman–Crippen MR) is 113 cm³/mol. The molecule has 2 aliphatic rings. The van der Waals surface area contributed by atoms with Crippen molar-refractivity contribution in [3.8, 4) is 17.2 Å². The topological polar surface area (TPSA) is 105 Å². The third kappa shape index (κ3) is 3.13. The lowest BCUT2D eigenvalue weighted by Crippen LogP contribution is -2.29. The number of Topliss-reactive ketones (excluding diaryl/α,β-unsaturated/α-hetero) is 1. The number of hydrogen-bond acceptors (Lipinski definition) is 7. The van der Waals surface area contributed by atoms with Gasteiger partial charge in [0, 0.05) is 23.6 Å². The second-order valence-corrected chi connectivity index (χ2v) is 8.01. The number of methoxy groups -OCH3 is 1. The van der Waals surface area contributed by atoms with Crippen LogP contribution in [0.15, 0.2) is 58.3 Å². The van der Waals surface area contributed by atoms with Crippen molar-refractivity contribution in [2.45, 2.75) is 31.6 Å². The van der Waals surface area contributed by atoms with E-state index in [2.05, 4.69) is 10.5 Å². The number of rotatable bonds is 3. The first-order chi connectivity index (χ1) is 15.0. The molecule has 1 aromatic heterocycles. The number of ether oxygens (including phenoxy) is 1. The summed E-state index contributed by atoms with van der Waals surface area (Å²) in [6, 6.07) is 12.1. The highest BCUT2D eigenvalue weighted by Crippen LogP contribution is 2.49. The molecule has 0 radical (unpaired) electrons. The van der Waals surface area contributed by atoms with Crippen LogP contribution in [0.25, 0.3) is 0 Å². The number of nitrogens with zero attached hydrogens (tertiary/aromatic N) is 1. The number of allylic oxidation sites excluding steroid dienone is 2. The summed E-state index contributed by atoms with van der Waals surface area (Å²) >= 11 is 0. The van der Waals surface area contributed by atoms with Crippen molar-refractivity contribution in [2.75, 3.05) is 12.4 Å². The summed E-state index contributed by atoms with van der Waals surface area (Å²) in [5, 5.41) is 27.1. The van der Waals surface area contributed by atoms with Gasteiger partial charge in [-0.15, -0.1) is 0 Å². The molecule has 0 fully saturated rings. The Bertz CT molecular complexity index is 1210. The average molecular weight is 418 g/mol. The number of aromatic hydroxyl groups is 2. The van der Waals surface area contributed by atoms with E-state index in [1.807, 2.05) is 25.1 Å². The molecule has 0 unspecified atom stereocenters. The van der Waals surface area contributed by atoms with Gasteiger partial charge in [0.15, 0.2) is 17.3 Å². The lowest BCUT2D eigenvalue weighted by atomic mass is 9.72. The first kappa shape index (κ1) is 19.2. The van der Waals surface area contributed by atoms with Crippen molar-refractivity contribution < 1.29 is 24.3 Å². The Morgan fingerprint density at radius 1 is 1.10 bits per heavy atom. The van der Waals surface area contributed by atoms with Gasteiger partial charge >= 0.3 is 0 Å². The summed E-state index contributed by atoms with van der Waals surface area (Å²) < 4.78 is 10.8. The van der Waals surface area contributed by atoms with Crippen molar-refractivity contribution in [3.63, 3.8) is 0 Å². The van der Waals surface area contributed by atoms with Gasteiger partial charge in [-0.05, 0) is 54.7 Å². The van der Waals surface area contributed by atoms with E-state index in [9.17, 15) is 15.0 Å². The Morgan fingerprint density at radius 3 is 2.58 bits per heavy atom. The fraction of sp³-hybridized carbons (Fsp3) is 0.250. The standard InChI is InChI=1S/C24H22N2O5/c1-12-21-22(13-3-6-16(27)7-4-13)23-17(25-24(21)31-26-12)9-15(10-19(23)29)14-5-8-18(28)20(11-14)30-2/h3-8,11,15,22,25,27-28H,9-10H2,1-2H3/t15-,22-/m0/s1. The van der Waals surface area contributed by atoms with Crippen LogP contribution in [0.1, 0.15) is 47.1 Å². The SMILES string of the molecule is COc1cc([C@@H]2CC(=O)C3=C(C2)Nc2onc(C)c2[C@@H]3c2ccc(O)cc2)ccc1O. The van der Waals surface area contributed by atoms with Crippen LogP contribution in [0.2, 0.25) is 0 Å². The van der Waals surface area contributed by atoms with Crippen LogP contribution >= 0.6 is 0 Å². The van der Waals surface area contributed by atoms with Gasteiger partial charge in [-0.3, -0.25) is 4.79 Å². The van der Waals surface area contributed by atoms with Gasteiger partial charge in [0.25, 0.3) is 0 Å². The molecule has 0 saturated heterocycles. The molecular formula is C24H22N2O5. The summed E-state index contributed by atoms with van der Waals surface area (Å²) in [4.78, 5) is 13.4. The summed E-state index contributed by atoms with van der Waals surface area (Å²) in [5.41, 5.74) is 4.93. The van der Waals surface area contributed by atoms with Crippen LogP contribution in [0.3, 0.4) is 0 Å². The summed E-state index contributed by atoms with van der Waals surface area (Å²) in [5.74, 6) is 0.863. The van der Waals surface area contributed by atoms with Crippen molar-refractivity contribution in [1.29, 1.82) is 0 Å². The molecule has 158 valence electrons. The van der Waals surface area contributed by atoms with Gasteiger partial charge in [0.05, 0.1) is 18.4 Å². The highest BCUT2D eigenvalue weighted by Gasteiger charge is 2.41. The average Bonchev–Trinajstić information content (AvgIpc) is 3.13. The van der Waals surface area contributed by atoms with Crippen LogP contribution in [-0.4, -0.2) is 28.3 Å². The number of benzene rings is 2. The monoisotopic (exact) mass is 418 g/mol. The minimum Gasteiger partial charge on any atom is -0.508 e. The lowest BCUT2D eigenvalue weighted by Gasteiger charge is -2.34. The third-order valence-corrected chi connectivity index (χ3v) is 6.16. The van der Waals surface area contributed by atoms with E-state index in [1.54, 1.807) is 24.3 Å². The highest BCUT2D eigenvalue weighted by molar-refractivity contribution is 6.01. The van der Waals surface area contributed by atoms with E-state index < -0.39 is 0 Å². The van der Waals surface area contributed by atoms with Crippen LogP contribution in [-0.2, 0) is 4.79 Å². The molecular weight excluding hydrogens is 396 g/mol. The number of fused-ring (bicyclic) bond motifs is 1. The lowest BCUT2D eigenvalue weighted by molar-refractivity contribution is -0.116. The number of aromatic nitrogens is 1. The second kappa shape index (κ2) is 7.19. The Kier molecular flexibility index (Phi) is 4.46. The largest absolute Gasteiger partial charge is 0.508 e. The zero-order valence-electron chi connectivity index (χ0n) is 17.2. The maximum absolute atomic E-state index is 13.4. The maximum Gasteiger partial charge on any atom is 0.233 e. The number of hydrogen-bond donors (Lipinski definition) is 3. The normalized spacial score (nSPS) is 20.1. The number of nitrogens with one attached hydrogen (secondary N) is 1. The molecule has 2 atom stereocenters. The molecule has 31 heavy (non-hydrogen) atoms. The number of carbonyl (C=O) groups is 1. The van der Waals surface area contributed by atoms with Crippen LogP contribution in [0, 0.1) is 6.92 Å². The number of ketones is 1. The summed E-state index contributed by atoms with van der Waals surface area (Å²) in [6.07, 6.45) is 0.964. The Balaban J connectivity index is 1.59. The van der Waals surface area contributed by atoms with Crippen molar-refractivity contribution in [2.24, 2.45) is 0 Å². The van der Waals surface area contributed by atoms with Gasteiger partial charge in [-0.25, -0.2) is 0 Å². The van der Waals surface area contributed by atoms with Gasteiger partial charge in [0.1, 0.15) is 5.75 Å². The minimum atomic E-state index is -0.305. The molecule has 2 aromatic carbocycles. The Hall–Kier alpha value is -3.74. The second-order valence-electron chi connectivity index (χ2n) is 8.01. The number of anilines is 1. The van der Waals surface area contributed by atoms with Gasteiger partial charge in [-0.1, -0.05) is 23.4 Å². The van der Waals surface area contributed by atoms with Crippen molar-refractivity contribution in [3.05, 3.63) is 76.1 Å². The molecule has 0 amide bonds. The maximum atomic E-state index is 13.4. The number of carbonyl (C=O) groups excluding carboxylic acids is 1. The van der Waals surface area contributed by atoms with Crippen molar-refractivity contribution >= 4 is 11.7 Å². The molecule has 5 rings (SSSR count). The number of aryl methyl sites for hydroxylation is 1. The molecule has 0 saturated carbocycles. The first-order valence-corrected chi connectivity index (χ1v) is 10.1. The molecule has 2 heterocycles. The Labute approximate surface area is 179 Å². The minimum absolute atomic E-state index is 0.0510. The van der Waals surface area contributed by atoms with E-state index in [-0.39, 0.29) is 29.1 Å². The van der Waals surface area contributed by atoms with Gasteiger partial charge in [-0.2, -0.15) is 0 Å². The molecule has 7 nitrogen and oxygen atoms in total. The predicted octanol–water partition coefficient (Wildman–Crippen LogP) is 4.36. The summed E-state index contributed by atoms with van der Waals surface area (Å²) in [6.45, 7) is 1.86. The highest BCUT2D eigenvalue weighted by atomic mass is 16.5. The van der Waals surface area contributed by atoms with E-state index in [1.165, 1.54) is 7.11 Å². The van der Waals surface area contributed by atoms with Crippen LogP contribution in [0.4, 0.5) is 5.88 Å². The fourth-order valence-corrected chi connectivity index (χ4v) is 4.66. The quantitative estimate of drug-likeness (QED) is 0.580. The van der Waals surface area contributed by atoms with Crippen LogP contribution in [0.5, 0.6) is 17.2 Å². The van der Waals surface area contributed by atoms with Crippen molar-refractivity contribution in [1.82, 2.24) is 5.16 Å². The van der Waals surface area contributed by atoms with Crippen LogP contribution < -0.4 is 10.1 Å².